The number of hydroxylamine groups is 2. The van der Waals surface area contributed by atoms with Crippen molar-refractivity contribution in [3.8, 4) is 0 Å². The van der Waals surface area contributed by atoms with Crippen LogP contribution in [-0.4, -0.2) is 57.6 Å². The summed E-state index contributed by atoms with van der Waals surface area (Å²) in [5.74, 6) is 1.04. The maximum Gasteiger partial charge on any atom is 0.220 e. The molecule has 3 unspecified atom stereocenters. The number of hydrogen-bond donors (Lipinski definition) is 1. The lowest BCUT2D eigenvalue weighted by Crippen LogP contribution is -2.46. The van der Waals surface area contributed by atoms with E-state index in [1.807, 2.05) is 17.0 Å². The zero-order valence-corrected chi connectivity index (χ0v) is 15.8. The fraction of sp³-hybridized carbons (Fsp3) is 0.364. The lowest BCUT2D eigenvalue weighted by Gasteiger charge is -2.33. The molecule has 0 spiro atoms. The van der Waals surface area contributed by atoms with Crippen molar-refractivity contribution in [2.24, 2.45) is 16.8 Å². The number of carbonyl (C=O) groups excluding carboxylic acids is 1. The molecule has 2 aromatic carbocycles. The van der Waals surface area contributed by atoms with Gasteiger partial charge in [-0.15, -0.1) is 0 Å². The van der Waals surface area contributed by atoms with Gasteiger partial charge in [0.2, 0.25) is 12.2 Å². The summed E-state index contributed by atoms with van der Waals surface area (Å²) in [5.41, 5.74) is 1.17. The molecule has 3 aliphatic rings. The van der Waals surface area contributed by atoms with Gasteiger partial charge in [-0.25, -0.2) is 5.06 Å². The van der Waals surface area contributed by atoms with Gasteiger partial charge in [0.1, 0.15) is 0 Å². The highest BCUT2D eigenvalue weighted by atomic mass is 16.5. The van der Waals surface area contributed by atoms with Gasteiger partial charge in [0.15, 0.2) is 0 Å². The van der Waals surface area contributed by atoms with E-state index in [4.69, 9.17) is 0 Å². The Balaban J connectivity index is 1.28. The average Bonchev–Trinajstić information content (AvgIpc) is 3.17. The first-order chi connectivity index (χ1) is 13.6. The second-order valence-corrected chi connectivity index (χ2v) is 7.97. The molecule has 6 heteroatoms. The van der Waals surface area contributed by atoms with E-state index in [0.29, 0.717) is 18.4 Å². The Labute approximate surface area is 164 Å². The molecule has 5 rings (SSSR count). The highest BCUT2D eigenvalue weighted by molar-refractivity contribution is 5.83. The van der Waals surface area contributed by atoms with Crippen LogP contribution >= 0.6 is 0 Å². The van der Waals surface area contributed by atoms with E-state index in [-0.39, 0.29) is 18.2 Å². The minimum atomic E-state index is -0.343. The van der Waals surface area contributed by atoms with Crippen LogP contribution in [0.3, 0.4) is 0 Å². The Bertz CT molecular complexity index is 960. The standard InChI is InChI=1S/C22H24N4O2/c1-15(27)25(12-16-7-8-17-5-2-3-6-18(17)11-16)21-19-13-24(14-20(19)21)22-23-9-4-10-26(22)28/h2-11,19-22,28H,12-14H2,1H3. The van der Waals surface area contributed by atoms with Crippen molar-refractivity contribution in [1.82, 2.24) is 14.9 Å². The van der Waals surface area contributed by atoms with Crippen LogP contribution in [-0.2, 0) is 11.3 Å². The summed E-state index contributed by atoms with van der Waals surface area (Å²) < 4.78 is 0. The molecule has 2 fully saturated rings. The summed E-state index contributed by atoms with van der Waals surface area (Å²) >= 11 is 0. The summed E-state index contributed by atoms with van der Waals surface area (Å²) in [5, 5.41) is 13.6. The van der Waals surface area contributed by atoms with Gasteiger partial charge < -0.3 is 4.90 Å². The van der Waals surface area contributed by atoms with E-state index in [1.165, 1.54) is 16.3 Å². The molecule has 1 amide bonds. The number of piperidine rings is 1. The number of nitrogens with zero attached hydrogens (tertiary/aromatic N) is 4. The third kappa shape index (κ3) is 2.99. The lowest BCUT2D eigenvalue weighted by molar-refractivity contribution is -0.134. The molecule has 0 radical (unpaired) electrons. The van der Waals surface area contributed by atoms with E-state index in [0.717, 1.165) is 18.2 Å². The van der Waals surface area contributed by atoms with E-state index in [2.05, 4.69) is 40.2 Å². The second kappa shape index (κ2) is 6.72. The van der Waals surface area contributed by atoms with Gasteiger partial charge in [-0.3, -0.25) is 19.9 Å². The highest BCUT2D eigenvalue weighted by Gasteiger charge is 2.60. The van der Waals surface area contributed by atoms with Crippen LogP contribution < -0.4 is 0 Å². The minimum absolute atomic E-state index is 0.126. The van der Waals surface area contributed by atoms with E-state index in [1.54, 1.807) is 25.4 Å². The minimum Gasteiger partial charge on any atom is -0.335 e. The molecule has 6 nitrogen and oxygen atoms in total. The zero-order chi connectivity index (χ0) is 19.3. The third-order valence-electron chi connectivity index (χ3n) is 6.22. The van der Waals surface area contributed by atoms with Crippen LogP contribution in [0.1, 0.15) is 12.5 Å². The number of benzene rings is 2. The van der Waals surface area contributed by atoms with Crippen molar-refractivity contribution in [3.63, 3.8) is 0 Å². The Morgan fingerprint density at radius 2 is 1.93 bits per heavy atom. The SMILES string of the molecule is CC(=O)N(Cc1ccc2ccccc2c1)C1C2CN(C3N=CC=CN3O)CC21. The molecular weight excluding hydrogens is 352 g/mol. The normalized spacial score (nSPS) is 28.6. The van der Waals surface area contributed by atoms with Crippen molar-refractivity contribution < 1.29 is 10.0 Å². The zero-order valence-electron chi connectivity index (χ0n) is 15.8. The fourth-order valence-electron chi connectivity index (χ4n) is 4.80. The van der Waals surface area contributed by atoms with Crippen LogP contribution in [0.15, 0.2) is 59.7 Å². The molecule has 1 aliphatic carbocycles. The van der Waals surface area contributed by atoms with Crippen molar-refractivity contribution in [1.29, 1.82) is 0 Å². The molecule has 2 heterocycles. The molecule has 0 aromatic heterocycles. The Hall–Kier alpha value is -2.70. The average molecular weight is 376 g/mol. The van der Waals surface area contributed by atoms with Gasteiger partial charge in [-0.2, -0.15) is 0 Å². The van der Waals surface area contributed by atoms with E-state index < -0.39 is 0 Å². The number of carbonyl (C=O) groups is 1. The Kier molecular flexibility index (Phi) is 4.18. The first kappa shape index (κ1) is 17.4. The van der Waals surface area contributed by atoms with Crippen molar-refractivity contribution >= 4 is 22.9 Å². The molecule has 144 valence electrons. The van der Waals surface area contributed by atoms with Crippen molar-refractivity contribution in [2.75, 3.05) is 13.1 Å². The summed E-state index contributed by atoms with van der Waals surface area (Å²) in [6.45, 7) is 4.01. The summed E-state index contributed by atoms with van der Waals surface area (Å²) in [6.07, 6.45) is 4.72. The molecule has 1 saturated heterocycles. The predicted octanol–water partition coefficient (Wildman–Crippen LogP) is 2.69. The quantitative estimate of drug-likeness (QED) is 0.891. The number of amides is 1. The van der Waals surface area contributed by atoms with E-state index in [9.17, 15) is 10.0 Å². The molecule has 1 N–H and O–H groups in total. The van der Waals surface area contributed by atoms with Crippen molar-refractivity contribution in [2.45, 2.75) is 25.8 Å². The highest BCUT2D eigenvalue weighted by Crippen LogP contribution is 2.50. The summed E-state index contributed by atoms with van der Waals surface area (Å²) in [4.78, 5) is 21.0. The largest absolute Gasteiger partial charge is 0.335 e. The first-order valence-corrected chi connectivity index (χ1v) is 9.78. The maximum atomic E-state index is 12.4. The molecule has 1 saturated carbocycles. The number of aliphatic imine (C=N–C) groups is 1. The van der Waals surface area contributed by atoms with Gasteiger partial charge in [0.25, 0.3) is 0 Å². The molecule has 28 heavy (non-hydrogen) atoms. The Morgan fingerprint density at radius 3 is 2.64 bits per heavy atom. The maximum absolute atomic E-state index is 12.4. The molecule has 2 aliphatic heterocycles. The van der Waals surface area contributed by atoms with Crippen LogP contribution in [0.25, 0.3) is 10.8 Å². The van der Waals surface area contributed by atoms with Crippen molar-refractivity contribution in [3.05, 3.63) is 60.3 Å². The van der Waals surface area contributed by atoms with Crippen LogP contribution in [0.5, 0.6) is 0 Å². The van der Waals surface area contributed by atoms with Gasteiger partial charge in [-0.05, 0) is 40.3 Å². The number of likely N-dealkylation sites (tertiary alicyclic amines) is 1. The van der Waals surface area contributed by atoms with Gasteiger partial charge in [-0.1, -0.05) is 36.4 Å². The third-order valence-corrected chi connectivity index (χ3v) is 6.22. The smallest absolute Gasteiger partial charge is 0.220 e. The Morgan fingerprint density at radius 1 is 1.18 bits per heavy atom. The summed E-state index contributed by atoms with van der Waals surface area (Å²) in [6, 6.07) is 15.0. The first-order valence-electron chi connectivity index (χ1n) is 9.78. The topological polar surface area (TPSA) is 59.4 Å². The van der Waals surface area contributed by atoms with E-state index >= 15 is 0 Å². The fourth-order valence-corrected chi connectivity index (χ4v) is 4.80. The van der Waals surface area contributed by atoms with Crippen LogP contribution in [0, 0.1) is 11.8 Å². The molecule has 2 aromatic rings. The van der Waals surface area contributed by atoms with Gasteiger partial charge >= 0.3 is 0 Å². The number of rotatable bonds is 4. The number of fused-ring (bicyclic) bond motifs is 2. The molecule has 3 atom stereocenters. The second-order valence-electron chi connectivity index (χ2n) is 7.97. The number of hydrogen-bond acceptors (Lipinski definition) is 5. The molecule has 0 bridgehead atoms. The predicted molar refractivity (Wildman–Crippen MR) is 108 cm³/mol. The monoisotopic (exact) mass is 376 g/mol. The van der Waals surface area contributed by atoms with Crippen LogP contribution in [0.2, 0.25) is 0 Å². The molecular formula is C22H24N4O2. The number of allylic oxidation sites excluding steroid dienone is 1. The van der Waals surface area contributed by atoms with Crippen LogP contribution in [0.4, 0.5) is 0 Å². The van der Waals surface area contributed by atoms with Gasteiger partial charge in [0, 0.05) is 45.0 Å². The van der Waals surface area contributed by atoms with Gasteiger partial charge in [0.05, 0.1) is 0 Å². The lowest BCUT2D eigenvalue weighted by atomic mass is 10.1. The summed E-state index contributed by atoms with van der Waals surface area (Å²) in [7, 11) is 0.